The molecule has 0 saturated heterocycles. The van der Waals surface area contributed by atoms with E-state index in [0.29, 0.717) is 16.4 Å². The van der Waals surface area contributed by atoms with Crippen molar-refractivity contribution in [2.75, 3.05) is 10.2 Å². The molecule has 0 spiro atoms. The van der Waals surface area contributed by atoms with Gasteiger partial charge in [-0.15, -0.1) is 0 Å². The summed E-state index contributed by atoms with van der Waals surface area (Å²) >= 11 is 6.10. The Labute approximate surface area is 226 Å². The highest BCUT2D eigenvalue weighted by molar-refractivity contribution is 6.30. The number of hydrogen-bond acceptors (Lipinski definition) is 4. The molecule has 1 heterocycles. The lowest BCUT2D eigenvalue weighted by Crippen LogP contribution is -2.46. The molecule has 7 nitrogen and oxygen atoms in total. The van der Waals surface area contributed by atoms with E-state index in [1.54, 1.807) is 54.7 Å². The van der Waals surface area contributed by atoms with Crippen LogP contribution in [0.4, 0.5) is 15.9 Å². The summed E-state index contributed by atoms with van der Waals surface area (Å²) in [7, 11) is 0. The van der Waals surface area contributed by atoms with Gasteiger partial charge < -0.3 is 10.6 Å². The Bertz CT molecular complexity index is 1250. The van der Waals surface area contributed by atoms with Crippen LogP contribution in [-0.2, 0) is 14.4 Å². The standard InChI is InChI=1S/C29H30ClFN4O3/c30-21-16-14-20(15-17-21)28(29(38)33-23-8-1-2-9-23)35(24-10-5-7-22(31)19-24)27(37)13-6-12-26(36)34-25-11-3-4-18-32-25/h3-5,7,10-11,14-19,23,28H,1-2,6,8-9,12-13H2,(H,33,38)(H,32,34,36). The smallest absolute Gasteiger partial charge is 0.248 e. The maximum atomic E-state index is 14.3. The predicted octanol–water partition coefficient (Wildman–Crippen LogP) is 5.82. The van der Waals surface area contributed by atoms with Crippen LogP contribution >= 0.6 is 11.6 Å². The second kappa shape index (κ2) is 13.1. The minimum Gasteiger partial charge on any atom is -0.351 e. The molecule has 1 fully saturated rings. The van der Waals surface area contributed by atoms with Crippen LogP contribution in [0.1, 0.15) is 56.6 Å². The van der Waals surface area contributed by atoms with Gasteiger partial charge in [-0.2, -0.15) is 0 Å². The maximum absolute atomic E-state index is 14.3. The highest BCUT2D eigenvalue weighted by Crippen LogP contribution is 2.31. The van der Waals surface area contributed by atoms with Crippen molar-refractivity contribution in [1.29, 1.82) is 0 Å². The van der Waals surface area contributed by atoms with E-state index in [0.717, 1.165) is 25.7 Å². The molecule has 1 aromatic heterocycles. The zero-order valence-corrected chi connectivity index (χ0v) is 21.7. The minimum absolute atomic E-state index is 0.0209. The number of amides is 3. The lowest BCUT2D eigenvalue weighted by Gasteiger charge is -2.32. The fourth-order valence-electron chi connectivity index (χ4n) is 4.64. The second-order valence-electron chi connectivity index (χ2n) is 9.30. The van der Waals surface area contributed by atoms with Gasteiger partial charge in [0.1, 0.15) is 17.7 Å². The van der Waals surface area contributed by atoms with Crippen molar-refractivity contribution in [2.45, 2.75) is 57.0 Å². The van der Waals surface area contributed by atoms with E-state index in [9.17, 15) is 18.8 Å². The van der Waals surface area contributed by atoms with E-state index in [4.69, 9.17) is 11.6 Å². The van der Waals surface area contributed by atoms with Crippen molar-refractivity contribution in [1.82, 2.24) is 10.3 Å². The van der Waals surface area contributed by atoms with Gasteiger partial charge in [-0.05, 0) is 67.3 Å². The van der Waals surface area contributed by atoms with Crippen LogP contribution in [0.5, 0.6) is 0 Å². The van der Waals surface area contributed by atoms with E-state index in [-0.39, 0.29) is 42.8 Å². The van der Waals surface area contributed by atoms with E-state index < -0.39 is 17.8 Å². The molecule has 38 heavy (non-hydrogen) atoms. The molecule has 1 atom stereocenters. The van der Waals surface area contributed by atoms with Crippen molar-refractivity contribution in [3.63, 3.8) is 0 Å². The van der Waals surface area contributed by atoms with E-state index in [1.165, 1.54) is 23.1 Å². The summed E-state index contributed by atoms with van der Waals surface area (Å²) in [6.45, 7) is 0. The molecule has 1 aliphatic carbocycles. The van der Waals surface area contributed by atoms with Crippen LogP contribution in [0.2, 0.25) is 5.02 Å². The molecule has 198 valence electrons. The van der Waals surface area contributed by atoms with Gasteiger partial charge >= 0.3 is 0 Å². The Morgan fingerprint density at radius 2 is 1.76 bits per heavy atom. The number of nitrogens with one attached hydrogen (secondary N) is 2. The number of hydrogen-bond donors (Lipinski definition) is 2. The average molecular weight is 537 g/mol. The van der Waals surface area contributed by atoms with Gasteiger partial charge in [0, 0.05) is 35.8 Å². The first-order valence-electron chi connectivity index (χ1n) is 12.7. The highest BCUT2D eigenvalue weighted by atomic mass is 35.5. The second-order valence-corrected chi connectivity index (χ2v) is 9.74. The Morgan fingerprint density at radius 3 is 2.45 bits per heavy atom. The fourth-order valence-corrected chi connectivity index (χ4v) is 4.76. The molecule has 1 saturated carbocycles. The largest absolute Gasteiger partial charge is 0.351 e. The lowest BCUT2D eigenvalue weighted by atomic mass is 10.0. The summed E-state index contributed by atoms with van der Waals surface area (Å²) in [6.07, 6.45) is 5.68. The van der Waals surface area contributed by atoms with Crippen LogP contribution in [0, 0.1) is 5.82 Å². The van der Waals surface area contributed by atoms with Crippen molar-refractivity contribution in [3.05, 3.63) is 89.3 Å². The maximum Gasteiger partial charge on any atom is 0.248 e. The van der Waals surface area contributed by atoms with E-state index >= 15 is 0 Å². The molecule has 9 heteroatoms. The van der Waals surface area contributed by atoms with Crippen molar-refractivity contribution < 1.29 is 18.8 Å². The third kappa shape index (κ3) is 7.38. The predicted molar refractivity (Wildman–Crippen MR) is 145 cm³/mol. The lowest BCUT2D eigenvalue weighted by molar-refractivity contribution is -0.127. The first-order chi connectivity index (χ1) is 18.4. The molecule has 1 unspecified atom stereocenters. The number of benzene rings is 2. The normalized spacial score (nSPS) is 14.1. The van der Waals surface area contributed by atoms with Gasteiger partial charge in [0.25, 0.3) is 0 Å². The summed E-state index contributed by atoms with van der Waals surface area (Å²) < 4.78 is 14.3. The monoisotopic (exact) mass is 536 g/mol. The zero-order valence-electron chi connectivity index (χ0n) is 20.9. The van der Waals surface area contributed by atoms with Gasteiger partial charge in [-0.25, -0.2) is 9.37 Å². The summed E-state index contributed by atoms with van der Waals surface area (Å²) in [4.78, 5) is 45.1. The van der Waals surface area contributed by atoms with E-state index in [1.807, 2.05) is 0 Å². The molecular weight excluding hydrogens is 507 g/mol. The average Bonchev–Trinajstić information content (AvgIpc) is 3.41. The Morgan fingerprint density at radius 1 is 1.00 bits per heavy atom. The third-order valence-corrected chi connectivity index (χ3v) is 6.73. The van der Waals surface area contributed by atoms with Crippen molar-refractivity contribution >= 4 is 40.8 Å². The third-order valence-electron chi connectivity index (χ3n) is 6.48. The number of anilines is 2. The summed E-state index contributed by atoms with van der Waals surface area (Å²) in [5.41, 5.74) is 0.810. The zero-order chi connectivity index (χ0) is 26.9. The number of pyridine rings is 1. The quantitative estimate of drug-likeness (QED) is 0.342. The summed E-state index contributed by atoms with van der Waals surface area (Å²) in [5, 5.41) is 6.27. The topological polar surface area (TPSA) is 91.4 Å². The van der Waals surface area contributed by atoms with Crippen LogP contribution in [0.15, 0.2) is 72.9 Å². The summed E-state index contributed by atoms with van der Waals surface area (Å²) in [5.74, 6) is -1.12. The van der Waals surface area contributed by atoms with Gasteiger partial charge in [0.05, 0.1) is 0 Å². The van der Waals surface area contributed by atoms with Gasteiger partial charge in [0.15, 0.2) is 0 Å². The summed E-state index contributed by atoms with van der Waals surface area (Å²) in [6, 6.07) is 16.5. The number of carbonyl (C=O) groups is 3. The van der Waals surface area contributed by atoms with Crippen molar-refractivity contribution in [2.24, 2.45) is 0 Å². The van der Waals surface area contributed by atoms with Crippen LogP contribution in [0.25, 0.3) is 0 Å². The van der Waals surface area contributed by atoms with Gasteiger partial charge in [-0.3, -0.25) is 19.3 Å². The first-order valence-corrected chi connectivity index (χ1v) is 13.1. The molecule has 0 aliphatic heterocycles. The molecule has 2 aromatic carbocycles. The van der Waals surface area contributed by atoms with Gasteiger partial charge in [0.2, 0.25) is 17.7 Å². The molecule has 3 aromatic rings. The SMILES string of the molecule is O=C(CCCC(=O)N(c1cccc(F)c1)C(C(=O)NC1CCCC1)c1ccc(Cl)cc1)Nc1ccccn1. The fraction of sp³-hybridized carbons (Fsp3) is 0.310. The van der Waals surface area contributed by atoms with Crippen LogP contribution in [0.3, 0.4) is 0 Å². The first kappa shape index (κ1) is 27.3. The number of halogens is 2. The molecule has 4 rings (SSSR count). The number of aromatic nitrogens is 1. The Kier molecular flexibility index (Phi) is 9.43. The molecule has 3 amide bonds. The Balaban J connectivity index is 1.57. The molecule has 1 aliphatic rings. The number of nitrogens with zero attached hydrogens (tertiary/aromatic N) is 2. The van der Waals surface area contributed by atoms with Crippen molar-refractivity contribution in [3.8, 4) is 0 Å². The number of rotatable bonds is 10. The molecule has 0 radical (unpaired) electrons. The Hall–Kier alpha value is -3.78. The van der Waals surface area contributed by atoms with Gasteiger partial charge in [-0.1, -0.05) is 48.7 Å². The molecular formula is C29H30ClFN4O3. The minimum atomic E-state index is -1.04. The number of carbonyl (C=O) groups excluding carboxylic acids is 3. The molecule has 0 bridgehead atoms. The highest BCUT2D eigenvalue weighted by Gasteiger charge is 2.34. The van der Waals surface area contributed by atoms with Crippen LogP contribution < -0.4 is 15.5 Å². The van der Waals surface area contributed by atoms with E-state index in [2.05, 4.69) is 15.6 Å². The molecule has 2 N–H and O–H groups in total. The van der Waals surface area contributed by atoms with Crippen LogP contribution in [-0.4, -0.2) is 28.7 Å².